The number of carbonyl (C=O) groups excluding carboxylic acids is 1. The molecule has 1 N–H and O–H groups in total. The molecule has 0 aliphatic rings. The Morgan fingerprint density at radius 1 is 1.53 bits per heavy atom. The molecule has 0 heterocycles. The fourth-order valence-corrected chi connectivity index (χ4v) is 1.32. The van der Waals surface area contributed by atoms with Crippen LogP contribution in [0, 0.1) is 11.3 Å². The van der Waals surface area contributed by atoms with E-state index in [2.05, 4.69) is 11.4 Å². The van der Waals surface area contributed by atoms with E-state index < -0.39 is 0 Å². The summed E-state index contributed by atoms with van der Waals surface area (Å²) in [6.07, 6.45) is 0. The third kappa shape index (κ3) is 4.43. The van der Waals surface area contributed by atoms with Crippen molar-refractivity contribution in [3.05, 3.63) is 29.3 Å². The molecule has 1 aromatic rings. The Morgan fingerprint density at radius 2 is 2.12 bits per heavy atom. The average molecular weight is 252 g/mol. The average Bonchev–Trinajstić information content (AvgIpc) is 2.30. The summed E-state index contributed by atoms with van der Waals surface area (Å²) in [6, 6.07) is 8.66. The van der Waals surface area contributed by atoms with Gasteiger partial charge in [0.05, 0.1) is 18.7 Å². The number of nitrogens with zero attached hydrogens (tertiary/aromatic N) is 2. The summed E-state index contributed by atoms with van der Waals surface area (Å²) in [5, 5.41) is 12.1. The SMILES string of the molecule is CC(C#N)N(C)CC(=O)Nc1ccc(Cl)cc1. The van der Waals surface area contributed by atoms with Gasteiger partial charge < -0.3 is 5.32 Å². The zero-order valence-electron chi connectivity index (χ0n) is 9.77. The van der Waals surface area contributed by atoms with Crippen molar-refractivity contribution in [1.29, 1.82) is 5.26 Å². The van der Waals surface area contributed by atoms with Gasteiger partial charge in [-0.2, -0.15) is 5.26 Å². The molecule has 17 heavy (non-hydrogen) atoms. The molecule has 0 aromatic heterocycles. The monoisotopic (exact) mass is 251 g/mol. The molecular weight excluding hydrogens is 238 g/mol. The van der Waals surface area contributed by atoms with Gasteiger partial charge in [0.25, 0.3) is 0 Å². The number of benzene rings is 1. The highest BCUT2D eigenvalue weighted by atomic mass is 35.5. The third-order valence-corrected chi connectivity index (χ3v) is 2.62. The van der Waals surface area contributed by atoms with Gasteiger partial charge >= 0.3 is 0 Å². The van der Waals surface area contributed by atoms with Crippen molar-refractivity contribution < 1.29 is 4.79 Å². The summed E-state index contributed by atoms with van der Waals surface area (Å²) in [5.41, 5.74) is 0.692. The highest BCUT2D eigenvalue weighted by Gasteiger charge is 2.12. The Hall–Kier alpha value is -1.57. The lowest BCUT2D eigenvalue weighted by Gasteiger charge is -2.18. The van der Waals surface area contributed by atoms with E-state index in [1.165, 1.54) is 0 Å². The molecule has 1 unspecified atom stereocenters. The van der Waals surface area contributed by atoms with Gasteiger partial charge in [0, 0.05) is 10.7 Å². The van der Waals surface area contributed by atoms with Crippen LogP contribution in [-0.2, 0) is 4.79 Å². The van der Waals surface area contributed by atoms with E-state index >= 15 is 0 Å². The highest BCUT2D eigenvalue weighted by Crippen LogP contribution is 2.13. The van der Waals surface area contributed by atoms with Gasteiger partial charge in [0.15, 0.2) is 0 Å². The zero-order valence-corrected chi connectivity index (χ0v) is 10.5. The third-order valence-electron chi connectivity index (χ3n) is 2.37. The Bertz CT molecular complexity index is 424. The number of hydrogen-bond donors (Lipinski definition) is 1. The molecule has 1 amide bonds. The number of nitriles is 1. The number of rotatable bonds is 4. The van der Waals surface area contributed by atoms with Crippen LogP contribution in [0.25, 0.3) is 0 Å². The number of hydrogen-bond acceptors (Lipinski definition) is 3. The quantitative estimate of drug-likeness (QED) is 0.892. The highest BCUT2D eigenvalue weighted by molar-refractivity contribution is 6.30. The first-order valence-corrected chi connectivity index (χ1v) is 5.56. The summed E-state index contributed by atoms with van der Waals surface area (Å²) in [4.78, 5) is 13.3. The Morgan fingerprint density at radius 3 is 2.65 bits per heavy atom. The minimum Gasteiger partial charge on any atom is -0.325 e. The lowest BCUT2D eigenvalue weighted by atomic mass is 10.3. The van der Waals surface area contributed by atoms with Crippen LogP contribution in [0.15, 0.2) is 24.3 Å². The maximum Gasteiger partial charge on any atom is 0.238 e. The molecule has 0 fully saturated rings. The fraction of sp³-hybridized carbons (Fsp3) is 0.333. The topological polar surface area (TPSA) is 56.1 Å². The molecule has 1 atom stereocenters. The van der Waals surface area contributed by atoms with Crippen LogP contribution in [0.4, 0.5) is 5.69 Å². The van der Waals surface area contributed by atoms with Crippen molar-refractivity contribution in [3.63, 3.8) is 0 Å². The van der Waals surface area contributed by atoms with Crippen LogP contribution in [-0.4, -0.2) is 30.4 Å². The summed E-state index contributed by atoms with van der Waals surface area (Å²) in [5.74, 6) is -0.156. The lowest BCUT2D eigenvalue weighted by Crippen LogP contribution is -2.35. The Labute approximate surface area is 106 Å². The number of carbonyl (C=O) groups is 1. The van der Waals surface area contributed by atoms with Crippen molar-refractivity contribution in [2.45, 2.75) is 13.0 Å². The van der Waals surface area contributed by atoms with Crippen LogP contribution in [0.2, 0.25) is 5.02 Å². The van der Waals surface area contributed by atoms with E-state index in [1.807, 2.05) is 0 Å². The smallest absolute Gasteiger partial charge is 0.238 e. The van der Waals surface area contributed by atoms with Crippen LogP contribution >= 0.6 is 11.6 Å². The number of anilines is 1. The molecular formula is C12H14ClN3O. The minimum atomic E-state index is -0.286. The summed E-state index contributed by atoms with van der Waals surface area (Å²) < 4.78 is 0. The summed E-state index contributed by atoms with van der Waals surface area (Å²) >= 11 is 5.74. The van der Waals surface area contributed by atoms with Gasteiger partial charge in [-0.3, -0.25) is 9.69 Å². The van der Waals surface area contributed by atoms with E-state index in [9.17, 15) is 4.79 Å². The summed E-state index contributed by atoms with van der Waals surface area (Å²) in [7, 11) is 1.73. The van der Waals surface area contributed by atoms with Crippen LogP contribution < -0.4 is 5.32 Å². The van der Waals surface area contributed by atoms with Gasteiger partial charge in [-0.15, -0.1) is 0 Å². The van der Waals surface area contributed by atoms with Crippen molar-refractivity contribution >= 4 is 23.2 Å². The maximum absolute atomic E-state index is 11.6. The molecule has 0 saturated heterocycles. The van der Waals surface area contributed by atoms with Crippen LogP contribution in [0.3, 0.4) is 0 Å². The van der Waals surface area contributed by atoms with E-state index in [-0.39, 0.29) is 18.5 Å². The Kier molecular flexibility index (Phi) is 4.95. The van der Waals surface area contributed by atoms with E-state index in [0.29, 0.717) is 10.7 Å². The van der Waals surface area contributed by atoms with Crippen molar-refractivity contribution in [1.82, 2.24) is 4.90 Å². The number of nitrogens with one attached hydrogen (secondary N) is 1. The van der Waals surface area contributed by atoms with Crippen molar-refractivity contribution in [3.8, 4) is 6.07 Å². The number of likely N-dealkylation sites (N-methyl/N-ethyl adjacent to an activating group) is 1. The summed E-state index contributed by atoms with van der Waals surface area (Å²) in [6.45, 7) is 1.92. The molecule has 90 valence electrons. The minimum absolute atomic E-state index is 0.156. The first-order chi connectivity index (χ1) is 8.02. The van der Waals surface area contributed by atoms with Crippen molar-refractivity contribution in [2.24, 2.45) is 0 Å². The van der Waals surface area contributed by atoms with Gasteiger partial charge in [-0.1, -0.05) is 11.6 Å². The van der Waals surface area contributed by atoms with Gasteiger partial charge in [0.1, 0.15) is 0 Å². The second-order valence-corrected chi connectivity index (χ2v) is 4.21. The van der Waals surface area contributed by atoms with E-state index in [1.54, 1.807) is 43.1 Å². The molecule has 0 aliphatic carbocycles. The molecule has 0 spiro atoms. The van der Waals surface area contributed by atoms with Crippen molar-refractivity contribution in [2.75, 3.05) is 18.9 Å². The molecule has 0 saturated carbocycles. The molecule has 0 bridgehead atoms. The normalized spacial score (nSPS) is 11.9. The van der Waals surface area contributed by atoms with Gasteiger partial charge in [-0.05, 0) is 38.2 Å². The molecule has 0 aliphatic heterocycles. The van der Waals surface area contributed by atoms with E-state index in [4.69, 9.17) is 16.9 Å². The largest absolute Gasteiger partial charge is 0.325 e. The molecule has 0 radical (unpaired) electrons. The van der Waals surface area contributed by atoms with Gasteiger partial charge in [-0.25, -0.2) is 0 Å². The molecule has 4 nitrogen and oxygen atoms in total. The van der Waals surface area contributed by atoms with Gasteiger partial charge in [0.2, 0.25) is 5.91 Å². The zero-order chi connectivity index (χ0) is 12.8. The second-order valence-electron chi connectivity index (χ2n) is 3.78. The second kappa shape index (κ2) is 6.24. The molecule has 5 heteroatoms. The number of amides is 1. The van der Waals surface area contributed by atoms with Crippen LogP contribution in [0.1, 0.15) is 6.92 Å². The fourth-order valence-electron chi connectivity index (χ4n) is 1.20. The Balaban J connectivity index is 2.50. The predicted molar refractivity (Wildman–Crippen MR) is 67.8 cm³/mol. The standard InChI is InChI=1S/C12H14ClN3O/c1-9(7-14)16(2)8-12(17)15-11-5-3-10(13)4-6-11/h3-6,9H,8H2,1-2H3,(H,15,17). The molecule has 1 rings (SSSR count). The number of halogens is 1. The first-order valence-electron chi connectivity index (χ1n) is 5.18. The molecule has 1 aromatic carbocycles. The van der Waals surface area contributed by atoms with E-state index in [0.717, 1.165) is 0 Å². The van der Waals surface area contributed by atoms with Crippen LogP contribution in [0.5, 0.6) is 0 Å². The first kappa shape index (κ1) is 13.5. The lowest BCUT2D eigenvalue weighted by molar-refractivity contribution is -0.117. The predicted octanol–water partition coefficient (Wildman–Crippen LogP) is 2.12. The maximum atomic E-state index is 11.6.